The first kappa shape index (κ1) is 17.9. The van der Waals surface area contributed by atoms with Crippen molar-refractivity contribution >= 4 is 0 Å². The van der Waals surface area contributed by atoms with E-state index in [1.54, 1.807) is 24.3 Å². The molecule has 0 bridgehead atoms. The van der Waals surface area contributed by atoms with Crippen molar-refractivity contribution in [1.82, 2.24) is 0 Å². The van der Waals surface area contributed by atoms with Gasteiger partial charge in [-0.25, -0.2) is 0 Å². The number of phenols is 3. The number of hydrogen-bond acceptors (Lipinski definition) is 3. The van der Waals surface area contributed by atoms with Crippen LogP contribution in [0, 0.1) is 0 Å². The second-order valence-corrected chi connectivity index (χ2v) is 6.51. The van der Waals surface area contributed by atoms with Gasteiger partial charge in [0.25, 0.3) is 0 Å². The molecule has 0 unspecified atom stereocenters. The molecule has 0 aliphatic carbocycles. The van der Waals surface area contributed by atoms with E-state index in [0.717, 1.165) is 40.7 Å². The van der Waals surface area contributed by atoms with E-state index in [-0.39, 0.29) is 11.7 Å². The monoisotopic (exact) mass is 348 g/mol. The molecule has 3 N–H and O–H groups in total. The van der Waals surface area contributed by atoms with Gasteiger partial charge in [-0.3, -0.25) is 0 Å². The van der Waals surface area contributed by atoms with Crippen molar-refractivity contribution in [3.05, 3.63) is 88.5 Å². The van der Waals surface area contributed by atoms with E-state index in [1.165, 1.54) is 0 Å². The maximum Gasteiger partial charge on any atom is 0.118 e. The molecule has 0 aliphatic heterocycles. The molecule has 26 heavy (non-hydrogen) atoms. The fraction of sp³-hybridized carbons (Fsp3) is 0.217. The average molecular weight is 348 g/mol. The summed E-state index contributed by atoms with van der Waals surface area (Å²) in [6.07, 6.45) is 1.48. The lowest BCUT2D eigenvalue weighted by atomic mass is 9.83. The van der Waals surface area contributed by atoms with Gasteiger partial charge in [0.05, 0.1) is 0 Å². The highest BCUT2D eigenvalue weighted by Crippen LogP contribution is 2.37. The maximum atomic E-state index is 10.0. The highest BCUT2D eigenvalue weighted by molar-refractivity contribution is 5.50. The van der Waals surface area contributed by atoms with E-state index >= 15 is 0 Å². The van der Waals surface area contributed by atoms with Gasteiger partial charge in [0.15, 0.2) is 0 Å². The first-order valence-electron chi connectivity index (χ1n) is 8.96. The summed E-state index contributed by atoms with van der Waals surface area (Å²) in [6, 6.07) is 18.6. The third kappa shape index (κ3) is 3.52. The van der Waals surface area contributed by atoms with Crippen LogP contribution in [0.4, 0.5) is 0 Å². The van der Waals surface area contributed by atoms with E-state index in [9.17, 15) is 15.3 Å². The summed E-state index contributed by atoms with van der Waals surface area (Å²) in [4.78, 5) is 0. The fourth-order valence-corrected chi connectivity index (χ4v) is 3.42. The minimum atomic E-state index is -0.0982. The summed E-state index contributed by atoms with van der Waals surface area (Å²) in [5, 5.41) is 30.1. The Morgan fingerprint density at radius 1 is 0.654 bits per heavy atom. The number of hydrogen-bond donors (Lipinski definition) is 3. The Kier molecular flexibility index (Phi) is 5.17. The summed E-state index contributed by atoms with van der Waals surface area (Å²) < 4.78 is 0. The van der Waals surface area contributed by atoms with Crippen LogP contribution < -0.4 is 0 Å². The molecule has 0 spiro atoms. The molecule has 0 amide bonds. The highest BCUT2D eigenvalue weighted by atomic mass is 16.3. The molecule has 0 aromatic heterocycles. The molecule has 3 heteroatoms. The standard InChI is InChI=1S/C23H24O3/c1-3-15-12-18(8-10-21(15)25)23(17-6-5-7-20(24)14-17)19-9-11-22(26)16(4-2)13-19/h5-14,23-26H,3-4H2,1-2H3. The van der Waals surface area contributed by atoms with Crippen molar-refractivity contribution in [2.24, 2.45) is 0 Å². The maximum absolute atomic E-state index is 10.0. The number of benzene rings is 3. The van der Waals surface area contributed by atoms with Crippen molar-refractivity contribution in [1.29, 1.82) is 0 Å². The van der Waals surface area contributed by atoms with E-state index in [1.807, 2.05) is 50.2 Å². The average Bonchev–Trinajstić information content (AvgIpc) is 2.64. The lowest BCUT2D eigenvalue weighted by molar-refractivity contribution is 0.468. The molecular formula is C23H24O3. The van der Waals surface area contributed by atoms with E-state index < -0.39 is 0 Å². The SMILES string of the molecule is CCc1cc(C(c2cccc(O)c2)c2ccc(O)c(CC)c2)ccc1O. The van der Waals surface area contributed by atoms with Crippen LogP contribution in [0.2, 0.25) is 0 Å². The Labute approximate surface area is 154 Å². The molecule has 0 saturated heterocycles. The van der Waals surface area contributed by atoms with Crippen molar-refractivity contribution in [2.45, 2.75) is 32.6 Å². The van der Waals surface area contributed by atoms with Crippen LogP contribution in [-0.2, 0) is 12.8 Å². The smallest absolute Gasteiger partial charge is 0.118 e. The van der Waals surface area contributed by atoms with Gasteiger partial charge in [-0.1, -0.05) is 50.2 Å². The number of rotatable bonds is 5. The normalized spacial score (nSPS) is 11.0. The Hall–Kier alpha value is -2.94. The van der Waals surface area contributed by atoms with Gasteiger partial charge in [0, 0.05) is 5.92 Å². The zero-order valence-electron chi connectivity index (χ0n) is 15.1. The van der Waals surface area contributed by atoms with Crippen molar-refractivity contribution in [3.8, 4) is 17.2 Å². The van der Waals surface area contributed by atoms with Gasteiger partial charge in [-0.15, -0.1) is 0 Å². The van der Waals surface area contributed by atoms with Gasteiger partial charge in [0.2, 0.25) is 0 Å². The Balaban J connectivity index is 2.20. The first-order valence-corrected chi connectivity index (χ1v) is 8.96. The Bertz CT molecular complexity index is 862. The summed E-state index contributed by atoms with van der Waals surface area (Å²) in [5.41, 5.74) is 4.82. The van der Waals surface area contributed by atoms with Gasteiger partial charge in [0.1, 0.15) is 17.2 Å². The van der Waals surface area contributed by atoms with Crippen molar-refractivity contribution in [3.63, 3.8) is 0 Å². The van der Waals surface area contributed by atoms with Crippen LogP contribution >= 0.6 is 0 Å². The summed E-state index contributed by atoms with van der Waals surface area (Å²) in [7, 11) is 0. The number of aryl methyl sites for hydroxylation is 2. The van der Waals surface area contributed by atoms with Crippen LogP contribution in [0.25, 0.3) is 0 Å². The van der Waals surface area contributed by atoms with Crippen LogP contribution in [-0.4, -0.2) is 15.3 Å². The van der Waals surface area contributed by atoms with E-state index in [0.29, 0.717) is 11.5 Å². The zero-order chi connectivity index (χ0) is 18.7. The van der Waals surface area contributed by atoms with Gasteiger partial charge in [-0.2, -0.15) is 0 Å². The topological polar surface area (TPSA) is 60.7 Å². The summed E-state index contributed by atoms with van der Waals surface area (Å²) in [5.74, 6) is 0.715. The largest absolute Gasteiger partial charge is 0.508 e. The molecule has 134 valence electrons. The van der Waals surface area contributed by atoms with Gasteiger partial charge >= 0.3 is 0 Å². The number of aromatic hydroxyl groups is 3. The number of phenolic OH excluding ortho intramolecular Hbond substituents is 3. The van der Waals surface area contributed by atoms with Crippen molar-refractivity contribution in [2.75, 3.05) is 0 Å². The summed E-state index contributed by atoms with van der Waals surface area (Å²) in [6.45, 7) is 4.02. The van der Waals surface area contributed by atoms with Gasteiger partial charge < -0.3 is 15.3 Å². The Morgan fingerprint density at radius 2 is 1.15 bits per heavy atom. The molecule has 3 rings (SSSR count). The molecule has 3 aromatic rings. The molecule has 0 radical (unpaired) electrons. The van der Waals surface area contributed by atoms with Crippen LogP contribution in [0.15, 0.2) is 60.7 Å². The first-order chi connectivity index (χ1) is 12.5. The third-order valence-electron chi connectivity index (χ3n) is 4.84. The Morgan fingerprint density at radius 3 is 1.62 bits per heavy atom. The third-order valence-corrected chi connectivity index (χ3v) is 4.84. The molecule has 3 nitrogen and oxygen atoms in total. The molecule has 0 fully saturated rings. The second kappa shape index (κ2) is 7.52. The van der Waals surface area contributed by atoms with E-state index in [4.69, 9.17) is 0 Å². The van der Waals surface area contributed by atoms with Crippen LogP contribution in [0.3, 0.4) is 0 Å². The van der Waals surface area contributed by atoms with Crippen LogP contribution in [0.1, 0.15) is 47.6 Å². The molecular weight excluding hydrogens is 324 g/mol. The lowest BCUT2D eigenvalue weighted by Crippen LogP contribution is -2.05. The summed E-state index contributed by atoms with van der Waals surface area (Å²) >= 11 is 0. The molecule has 0 aliphatic rings. The van der Waals surface area contributed by atoms with Crippen molar-refractivity contribution < 1.29 is 15.3 Å². The molecule has 0 saturated carbocycles. The van der Waals surface area contributed by atoms with Crippen LogP contribution in [0.5, 0.6) is 17.2 Å². The lowest BCUT2D eigenvalue weighted by Gasteiger charge is -2.21. The predicted molar refractivity (Wildman–Crippen MR) is 104 cm³/mol. The fourth-order valence-electron chi connectivity index (χ4n) is 3.42. The highest BCUT2D eigenvalue weighted by Gasteiger charge is 2.19. The minimum absolute atomic E-state index is 0.0982. The molecule has 0 heterocycles. The second-order valence-electron chi connectivity index (χ2n) is 6.51. The minimum Gasteiger partial charge on any atom is -0.508 e. The molecule has 0 atom stereocenters. The predicted octanol–water partition coefficient (Wildman–Crippen LogP) is 5.11. The van der Waals surface area contributed by atoms with Gasteiger partial charge in [-0.05, 0) is 64.9 Å². The molecule has 3 aromatic carbocycles. The quantitative estimate of drug-likeness (QED) is 0.562. The van der Waals surface area contributed by atoms with E-state index in [2.05, 4.69) is 0 Å². The zero-order valence-corrected chi connectivity index (χ0v) is 15.1.